The van der Waals surface area contributed by atoms with Crippen LogP contribution in [0.4, 0.5) is 5.69 Å². The Morgan fingerprint density at radius 2 is 2.04 bits per heavy atom. The standard InChI is InChI=1S/C16H17N3O5/c1-10-7-13(19(21)22)8-11(2)16(10)24-9-15(20)18-17-12(3)14-5-4-6-23-14/h4-8H,9H2,1-3H3,(H,18,20)/b17-12+. The summed E-state index contributed by atoms with van der Waals surface area (Å²) in [7, 11) is 0. The second kappa shape index (κ2) is 7.40. The van der Waals surface area contributed by atoms with Crippen molar-refractivity contribution in [2.24, 2.45) is 5.10 Å². The third-order valence-electron chi connectivity index (χ3n) is 3.23. The molecule has 8 heteroatoms. The highest BCUT2D eigenvalue weighted by atomic mass is 16.6. The Morgan fingerprint density at radius 1 is 1.38 bits per heavy atom. The average Bonchev–Trinajstić information content (AvgIpc) is 3.06. The monoisotopic (exact) mass is 331 g/mol. The predicted molar refractivity (Wildman–Crippen MR) is 87.1 cm³/mol. The number of amides is 1. The van der Waals surface area contributed by atoms with Crippen LogP contribution >= 0.6 is 0 Å². The average molecular weight is 331 g/mol. The summed E-state index contributed by atoms with van der Waals surface area (Å²) in [4.78, 5) is 22.1. The largest absolute Gasteiger partial charge is 0.483 e. The SMILES string of the molecule is C/C(=N\NC(=O)COc1c(C)cc([N+](=O)[O-])cc1C)c1ccco1. The van der Waals surface area contributed by atoms with Crippen molar-refractivity contribution in [2.45, 2.75) is 20.8 Å². The lowest BCUT2D eigenvalue weighted by molar-refractivity contribution is -0.385. The van der Waals surface area contributed by atoms with Crippen molar-refractivity contribution in [1.82, 2.24) is 5.43 Å². The molecule has 2 aromatic rings. The number of carbonyl (C=O) groups is 1. The third-order valence-corrected chi connectivity index (χ3v) is 3.23. The molecule has 0 spiro atoms. The van der Waals surface area contributed by atoms with E-state index in [-0.39, 0.29) is 12.3 Å². The van der Waals surface area contributed by atoms with Gasteiger partial charge in [-0.05, 0) is 44.0 Å². The molecule has 1 heterocycles. The first-order valence-electron chi connectivity index (χ1n) is 7.14. The second-order valence-corrected chi connectivity index (χ2v) is 5.16. The Hall–Kier alpha value is -3.16. The van der Waals surface area contributed by atoms with Gasteiger partial charge in [0.15, 0.2) is 6.61 Å². The zero-order chi connectivity index (χ0) is 17.7. The number of hydrogen-bond acceptors (Lipinski definition) is 6. The summed E-state index contributed by atoms with van der Waals surface area (Å²) in [6.45, 7) is 4.82. The minimum absolute atomic E-state index is 0.0134. The van der Waals surface area contributed by atoms with Crippen molar-refractivity contribution in [3.05, 3.63) is 57.5 Å². The number of hydrogen-bond donors (Lipinski definition) is 1. The van der Waals surface area contributed by atoms with Crippen molar-refractivity contribution in [2.75, 3.05) is 6.61 Å². The van der Waals surface area contributed by atoms with Crippen molar-refractivity contribution < 1.29 is 18.9 Å². The van der Waals surface area contributed by atoms with Crippen molar-refractivity contribution >= 4 is 17.3 Å². The fourth-order valence-corrected chi connectivity index (χ4v) is 2.12. The van der Waals surface area contributed by atoms with E-state index in [0.29, 0.717) is 28.3 Å². The summed E-state index contributed by atoms with van der Waals surface area (Å²) < 4.78 is 10.6. The molecule has 0 aliphatic heterocycles. The summed E-state index contributed by atoms with van der Waals surface area (Å²) in [6, 6.07) is 6.25. The summed E-state index contributed by atoms with van der Waals surface area (Å²) >= 11 is 0. The summed E-state index contributed by atoms with van der Waals surface area (Å²) in [5.74, 6) is 0.554. The molecule has 0 saturated heterocycles. The Balaban J connectivity index is 1.97. The van der Waals surface area contributed by atoms with Gasteiger partial charge < -0.3 is 9.15 Å². The van der Waals surface area contributed by atoms with Crippen LogP contribution in [0.3, 0.4) is 0 Å². The minimum atomic E-state index is -0.470. The number of ether oxygens (including phenoxy) is 1. The number of rotatable bonds is 6. The first kappa shape index (κ1) is 17.2. The lowest BCUT2D eigenvalue weighted by Crippen LogP contribution is -2.26. The fourth-order valence-electron chi connectivity index (χ4n) is 2.12. The fraction of sp³-hybridized carbons (Fsp3) is 0.250. The van der Waals surface area contributed by atoms with Gasteiger partial charge in [-0.3, -0.25) is 14.9 Å². The van der Waals surface area contributed by atoms with Crippen LogP contribution in [0.25, 0.3) is 0 Å². The van der Waals surface area contributed by atoms with E-state index >= 15 is 0 Å². The quantitative estimate of drug-likeness (QED) is 0.497. The first-order chi connectivity index (χ1) is 11.4. The molecule has 0 saturated carbocycles. The molecule has 0 atom stereocenters. The number of nitrogens with one attached hydrogen (secondary N) is 1. The molecule has 8 nitrogen and oxygen atoms in total. The van der Waals surface area contributed by atoms with Gasteiger partial charge in [0.25, 0.3) is 11.6 Å². The Morgan fingerprint density at radius 3 is 2.58 bits per heavy atom. The zero-order valence-corrected chi connectivity index (χ0v) is 13.5. The van der Waals surface area contributed by atoms with Gasteiger partial charge in [0.05, 0.1) is 11.2 Å². The van der Waals surface area contributed by atoms with Crippen LogP contribution in [0.2, 0.25) is 0 Å². The lowest BCUT2D eigenvalue weighted by Gasteiger charge is -2.11. The molecule has 1 aromatic heterocycles. The van der Waals surface area contributed by atoms with Gasteiger partial charge in [0, 0.05) is 12.1 Å². The second-order valence-electron chi connectivity index (χ2n) is 5.16. The molecular weight excluding hydrogens is 314 g/mol. The van der Waals surface area contributed by atoms with Crippen LogP contribution in [0.1, 0.15) is 23.8 Å². The molecule has 1 amide bonds. The van der Waals surface area contributed by atoms with E-state index in [4.69, 9.17) is 9.15 Å². The summed E-state index contributed by atoms with van der Waals surface area (Å²) in [6.07, 6.45) is 1.51. The number of nitro benzene ring substituents is 1. The minimum Gasteiger partial charge on any atom is -0.483 e. The maximum absolute atomic E-state index is 11.8. The van der Waals surface area contributed by atoms with Gasteiger partial charge in [-0.2, -0.15) is 5.10 Å². The molecule has 1 aromatic carbocycles. The smallest absolute Gasteiger partial charge is 0.277 e. The lowest BCUT2D eigenvalue weighted by atomic mass is 10.1. The van der Waals surface area contributed by atoms with Crippen molar-refractivity contribution in [3.63, 3.8) is 0 Å². The first-order valence-corrected chi connectivity index (χ1v) is 7.14. The Kier molecular flexibility index (Phi) is 5.31. The van der Waals surface area contributed by atoms with Crippen molar-refractivity contribution in [1.29, 1.82) is 0 Å². The number of benzene rings is 1. The van der Waals surface area contributed by atoms with Gasteiger partial charge in [-0.25, -0.2) is 5.43 Å². The molecule has 0 fully saturated rings. The molecule has 0 aliphatic rings. The maximum atomic E-state index is 11.8. The molecule has 1 N–H and O–H groups in total. The van der Waals surface area contributed by atoms with Gasteiger partial charge in [0.2, 0.25) is 0 Å². The molecular formula is C16H17N3O5. The topological polar surface area (TPSA) is 107 Å². The maximum Gasteiger partial charge on any atom is 0.277 e. The van der Waals surface area contributed by atoms with E-state index in [1.807, 2.05) is 0 Å². The van der Waals surface area contributed by atoms with E-state index in [2.05, 4.69) is 10.5 Å². The number of aryl methyl sites for hydroxylation is 2. The number of non-ortho nitro benzene ring substituents is 1. The van der Waals surface area contributed by atoms with Gasteiger partial charge in [-0.15, -0.1) is 0 Å². The van der Waals surface area contributed by atoms with Crippen LogP contribution < -0.4 is 10.2 Å². The molecule has 126 valence electrons. The van der Waals surface area contributed by atoms with Crippen LogP contribution in [0.5, 0.6) is 5.75 Å². The van der Waals surface area contributed by atoms with Crippen LogP contribution in [0, 0.1) is 24.0 Å². The van der Waals surface area contributed by atoms with Gasteiger partial charge in [-0.1, -0.05) is 0 Å². The number of nitrogens with zero attached hydrogens (tertiary/aromatic N) is 2. The molecule has 0 aliphatic carbocycles. The summed E-state index contributed by atoms with van der Waals surface area (Å²) in [5, 5.41) is 14.7. The normalized spacial score (nSPS) is 11.2. The van der Waals surface area contributed by atoms with E-state index in [1.54, 1.807) is 32.9 Å². The third kappa shape index (κ3) is 4.19. The number of carbonyl (C=O) groups excluding carboxylic acids is 1. The molecule has 24 heavy (non-hydrogen) atoms. The number of nitro groups is 1. The molecule has 0 bridgehead atoms. The molecule has 0 unspecified atom stereocenters. The van der Waals surface area contributed by atoms with Crippen molar-refractivity contribution in [3.8, 4) is 5.75 Å². The van der Waals surface area contributed by atoms with Crippen LogP contribution in [-0.2, 0) is 4.79 Å². The zero-order valence-electron chi connectivity index (χ0n) is 13.5. The van der Waals surface area contributed by atoms with Crippen LogP contribution in [0.15, 0.2) is 40.0 Å². The predicted octanol–water partition coefficient (Wildman–Crippen LogP) is 2.72. The van der Waals surface area contributed by atoms with E-state index in [0.717, 1.165) is 0 Å². The van der Waals surface area contributed by atoms with Gasteiger partial charge in [0.1, 0.15) is 17.2 Å². The highest BCUT2D eigenvalue weighted by molar-refractivity contribution is 5.96. The van der Waals surface area contributed by atoms with E-state index < -0.39 is 10.8 Å². The Bertz CT molecular complexity index is 758. The van der Waals surface area contributed by atoms with E-state index in [9.17, 15) is 14.9 Å². The van der Waals surface area contributed by atoms with E-state index in [1.165, 1.54) is 18.4 Å². The highest BCUT2D eigenvalue weighted by Crippen LogP contribution is 2.28. The van der Waals surface area contributed by atoms with Gasteiger partial charge >= 0.3 is 0 Å². The van der Waals surface area contributed by atoms with Crippen LogP contribution in [-0.4, -0.2) is 23.1 Å². The molecule has 2 rings (SSSR count). The Labute approximate surface area is 138 Å². The number of hydrazone groups is 1. The highest BCUT2D eigenvalue weighted by Gasteiger charge is 2.14. The number of furan rings is 1. The molecule has 0 radical (unpaired) electrons. The summed E-state index contributed by atoms with van der Waals surface area (Å²) in [5.41, 5.74) is 4.05.